The number of carbonyl (C=O) groups excluding carboxylic acids is 1. The molecule has 9 heteroatoms. The van der Waals surface area contributed by atoms with Crippen LogP contribution in [0.15, 0.2) is 69.9 Å². The Labute approximate surface area is 172 Å². The topological polar surface area (TPSA) is 105 Å². The van der Waals surface area contributed by atoms with Crippen molar-refractivity contribution >= 4 is 43.2 Å². The zero-order valence-corrected chi connectivity index (χ0v) is 17.1. The first kappa shape index (κ1) is 19.6. The molecule has 2 heterocycles. The number of rotatable bonds is 6. The predicted octanol–water partition coefficient (Wildman–Crippen LogP) is 2.14. The summed E-state index contributed by atoms with van der Waals surface area (Å²) >= 11 is 1.19. The number of aliphatic imine (C=N–C) groups is 1. The van der Waals surface area contributed by atoms with Crippen molar-refractivity contribution in [2.24, 2.45) is 10.7 Å². The number of hydrogen-bond acceptors (Lipinski definition) is 5. The minimum atomic E-state index is -3.78. The van der Waals surface area contributed by atoms with E-state index in [0.29, 0.717) is 18.8 Å². The number of amidine groups is 1. The quantitative estimate of drug-likeness (QED) is 0.464. The summed E-state index contributed by atoms with van der Waals surface area (Å²) in [5.74, 6) is 0.0482. The molecule has 2 aromatic carbocycles. The standard InChI is InChI=1S/C20H20N4O3S2/c21-19(14-6-2-1-3-7-14)22-13-24-11-10-16(20(24)25)23-29(26,27)18-12-15-8-4-5-9-17(15)28-18/h1-9,12,16,23H,10-11,13H2,(H2,21,22)/t16-/m0/s1. The highest BCUT2D eigenvalue weighted by Gasteiger charge is 2.35. The van der Waals surface area contributed by atoms with Gasteiger partial charge in [-0.2, -0.15) is 4.72 Å². The Morgan fingerprint density at radius 1 is 1.17 bits per heavy atom. The van der Waals surface area contributed by atoms with Gasteiger partial charge in [0.2, 0.25) is 5.91 Å². The summed E-state index contributed by atoms with van der Waals surface area (Å²) in [5.41, 5.74) is 6.75. The van der Waals surface area contributed by atoms with E-state index in [2.05, 4.69) is 9.71 Å². The molecule has 0 spiro atoms. The number of nitrogens with zero attached hydrogens (tertiary/aromatic N) is 2. The van der Waals surface area contributed by atoms with E-state index in [-0.39, 0.29) is 16.8 Å². The van der Waals surface area contributed by atoms with E-state index in [1.54, 1.807) is 6.07 Å². The molecule has 0 aliphatic carbocycles. The van der Waals surface area contributed by atoms with Gasteiger partial charge in [0.15, 0.2) is 0 Å². The number of sulfonamides is 1. The van der Waals surface area contributed by atoms with Gasteiger partial charge in [0, 0.05) is 16.8 Å². The van der Waals surface area contributed by atoms with E-state index >= 15 is 0 Å². The van der Waals surface area contributed by atoms with E-state index in [0.717, 1.165) is 15.6 Å². The van der Waals surface area contributed by atoms with Crippen molar-refractivity contribution in [3.8, 4) is 0 Å². The van der Waals surface area contributed by atoms with Crippen LogP contribution in [-0.4, -0.2) is 44.3 Å². The minimum absolute atomic E-state index is 0.0979. The molecule has 0 radical (unpaired) electrons. The third-order valence-electron chi connectivity index (χ3n) is 4.74. The second kappa shape index (κ2) is 7.94. The molecule has 150 valence electrons. The lowest BCUT2D eigenvalue weighted by Crippen LogP contribution is -2.41. The summed E-state index contributed by atoms with van der Waals surface area (Å²) in [6, 6.07) is 17.6. The third kappa shape index (κ3) is 4.16. The molecule has 0 unspecified atom stereocenters. The maximum Gasteiger partial charge on any atom is 0.250 e. The van der Waals surface area contributed by atoms with Gasteiger partial charge in [-0.3, -0.25) is 4.79 Å². The van der Waals surface area contributed by atoms with Gasteiger partial charge in [0.05, 0.1) is 0 Å². The normalized spacial score (nSPS) is 17.9. The highest BCUT2D eigenvalue weighted by atomic mass is 32.2. The Morgan fingerprint density at radius 2 is 1.90 bits per heavy atom. The van der Waals surface area contributed by atoms with Crippen molar-refractivity contribution in [2.45, 2.75) is 16.7 Å². The van der Waals surface area contributed by atoms with Gasteiger partial charge in [-0.15, -0.1) is 11.3 Å². The molecule has 1 amide bonds. The van der Waals surface area contributed by atoms with Crippen molar-refractivity contribution in [2.75, 3.05) is 13.2 Å². The van der Waals surface area contributed by atoms with Crippen molar-refractivity contribution in [3.63, 3.8) is 0 Å². The Hall–Kier alpha value is -2.75. The van der Waals surface area contributed by atoms with Gasteiger partial charge in [0.1, 0.15) is 22.8 Å². The number of thiophene rings is 1. The fourth-order valence-electron chi connectivity index (χ4n) is 3.19. The fourth-order valence-corrected chi connectivity index (χ4v) is 5.82. The van der Waals surface area contributed by atoms with Gasteiger partial charge in [-0.25, -0.2) is 13.4 Å². The van der Waals surface area contributed by atoms with Crippen LogP contribution >= 0.6 is 11.3 Å². The zero-order chi connectivity index (χ0) is 20.4. The number of benzene rings is 2. The zero-order valence-electron chi connectivity index (χ0n) is 15.5. The molecule has 1 aliphatic rings. The van der Waals surface area contributed by atoms with Gasteiger partial charge in [-0.05, 0) is 23.9 Å². The first-order valence-electron chi connectivity index (χ1n) is 9.09. The van der Waals surface area contributed by atoms with Gasteiger partial charge in [0.25, 0.3) is 10.0 Å². The highest BCUT2D eigenvalue weighted by molar-refractivity contribution is 7.91. The van der Waals surface area contributed by atoms with Crippen molar-refractivity contribution in [3.05, 3.63) is 66.2 Å². The molecule has 29 heavy (non-hydrogen) atoms. The SMILES string of the molecule is NC(=NCN1CC[C@H](NS(=O)(=O)c2cc3ccccc3s2)C1=O)c1ccccc1. The van der Waals surface area contributed by atoms with Crippen LogP contribution in [-0.2, 0) is 14.8 Å². The van der Waals surface area contributed by atoms with Gasteiger partial charge >= 0.3 is 0 Å². The summed E-state index contributed by atoms with van der Waals surface area (Å²) in [6.45, 7) is 0.519. The minimum Gasteiger partial charge on any atom is -0.383 e. The molecule has 0 saturated carbocycles. The van der Waals surface area contributed by atoms with E-state index < -0.39 is 16.1 Å². The lowest BCUT2D eigenvalue weighted by molar-refractivity contribution is -0.128. The molecule has 3 N–H and O–H groups in total. The first-order chi connectivity index (χ1) is 13.9. The lowest BCUT2D eigenvalue weighted by Gasteiger charge is -2.15. The molecule has 7 nitrogen and oxygen atoms in total. The molecule has 0 bridgehead atoms. The molecule has 1 aliphatic heterocycles. The summed E-state index contributed by atoms with van der Waals surface area (Å²) in [4.78, 5) is 18.4. The van der Waals surface area contributed by atoms with Crippen LogP contribution in [0, 0.1) is 0 Å². The van der Waals surface area contributed by atoms with Gasteiger partial charge in [-0.1, -0.05) is 48.5 Å². The third-order valence-corrected chi connectivity index (χ3v) is 7.81. The molecular weight excluding hydrogens is 408 g/mol. The number of likely N-dealkylation sites (tertiary alicyclic amines) is 1. The molecule has 1 atom stereocenters. The second-order valence-electron chi connectivity index (χ2n) is 6.72. The number of nitrogens with one attached hydrogen (secondary N) is 1. The maximum atomic E-state index is 12.7. The smallest absolute Gasteiger partial charge is 0.250 e. The highest BCUT2D eigenvalue weighted by Crippen LogP contribution is 2.29. The van der Waals surface area contributed by atoms with Crippen LogP contribution in [0.25, 0.3) is 10.1 Å². The number of fused-ring (bicyclic) bond motifs is 1. The largest absolute Gasteiger partial charge is 0.383 e. The number of carbonyl (C=O) groups is 1. The van der Waals surface area contributed by atoms with E-state index in [1.165, 1.54) is 16.2 Å². The predicted molar refractivity (Wildman–Crippen MR) is 114 cm³/mol. The Balaban J connectivity index is 1.43. The van der Waals surface area contributed by atoms with Crippen molar-refractivity contribution in [1.29, 1.82) is 0 Å². The Bertz CT molecular complexity index is 1140. The summed E-state index contributed by atoms with van der Waals surface area (Å²) in [5, 5.41) is 0.864. The van der Waals surface area contributed by atoms with Crippen LogP contribution in [0.2, 0.25) is 0 Å². The molecular formula is C20H20N4O3S2. The fraction of sp³-hybridized carbons (Fsp3) is 0.200. The Kier molecular flexibility index (Phi) is 5.35. The van der Waals surface area contributed by atoms with Crippen LogP contribution in [0.3, 0.4) is 0 Å². The number of amides is 1. The lowest BCUT2D eigenvalue weighted by atomic mass is 10.2. The maximum absolute atomic E-state index is 12.7. The van der Waals surface area contributed by atoms with E-state index in [9.17, 15) is 13.2 Å². The average Bonchev–Trinajstić information content (AvgIpc) is 3.31. The molecule has 1 aromatic heterocycles. The molecule has 4 rings (SSSR count). The van der Waals surface area contributed by atoms with Gasteiger partial charge < -0.3 is 10.6 Å². The first-order valence-corrected chi connectivity index (χ1v) is 11.4. The van der Waals surface area contributed by atoms with E-state index in [1.807, 2.05) is 54.6 Å². The summed E-state index contributed by atoms with van der Waals surface area (Å²) < 4.78 is 29.1. The average molecular weight is 429 g/mol. The van der Waals surface area contributed by atoms with Crippen LogP contribution in [0.5, 0.6) is 0 Å². The molecule has 1 saturated heterocycles. The summed E-state index contributed by atoms with van der Waals surface area (Å²) in [7, 11) is -3.78. The Morgan fingerprint density at radius 3 is 2.66 bits per heavy atom. The number of nitrogens with two attached hydrogens (primary N) is 1. The van der Waals surface area contributed by atoms with Crippen LogP contribution < -0.4 is 10.5 Å². The van der Waals surface area contributed by atoms with Crippen molar-refractivity contribution in [1.82, 2.24) is 9.62 Å². The summed E-state index contributed by atoms with van der Waals surface area (Å²) in [6.07, 6.45) is 0.393. The van der Waals surface area contributed by atoms with Crippen molar-refractivity contribution < 1.29 is 13.2 Å². The molecule has 1 fully saturated rings. The number of hydrogen-bond donors (Lipinski definition) is 2. The molecule has 3 aromatic rings. The second-order valence-corrected chi connectivity index (χ2v) is 9.74. The van der Waals surface area contributed by atoms with E-state index in [4.69, 9.17) is 5.73 Å². The van der Waals surface area contributed by atoms with Crippen LogP contribution in [0.4, 0.5) is 0 Å². The van der Waals surface area contributed by atoms with Crippen LogP contribution in [0.1, 0.15) is 12.0 Å². The monoisotopic (exact) mass is 428 g/mol.